The van der Waals surface area contributed by atoms with Gasteiger partial charge in [0, 0.05) is 16.4 Å². The molecule has 0 aliphatic carbocycles. The molecule has 3 rings (SSSR count). The number of nitrogens with one attached hydrogen (secondary N) is 1. The zero-order valence-corrected chi connectivity index (χ0v) is 15.0. The molecule has 0 saturated heterocycles. The van der Waals surface area contributed by atoms with Crippen LogP contribution in [0.25, 0.3) is 10.8 Å². The monoisotopic (exact) mass is 398 g/mol. The van der Waals surface area contributed by atoms with Gasteiger partial charge in [-0.3, -0.25) is 9.59 Å². The van der Waals surface area contributed by atoms with Gasteiger partial charge in [0.05, 0.1) is 11.6 Å². The number of hydrogen-bond donors (Lipinski definition) is 1. The summed E-state index contributed by atoms with van der Waals surface area (Å²) in [6, 6.07) is 14.4. The van der Waals surface area contributed by atoms with E-state index in [9.17, 15) is 9.59 Å². The van der Waals surface area contributed by atoms with E-state index < -0.39 is 5.91 Å². The highest BCUT2D eigenvalue weighted by Gasteiger charge is 2.15. The SMILES string of the molecule is CCn1nc(C(=O)N/N=C/c2cccc(Br)c2)c2ccccc2c1=O. The molecule has 0 spiro atoms. The molecule has 3 aromatic rings. The van der Waals surface area contributed by atoms with Gasteiger partial charge in [-0.05, 0) is 30.7 Å². The fourth-order valence-electron chi connectivity index (χ4n) is 2.42. The van der Waals surface area contributed by atoms with Crippen LogP contribution >= 0.6 is 15.9 Å². The summed E-state index contributed by atoms with van der Waals surface area (Å²) in [7, 11) is 0. The van der Waals surface area contributed by atoms with Crippen LogP contribution in [0.3, 0.4) is 0 Å². The number of halogens is 1. The molecule has 0 fully saturated rings. The summed E-state index contributed by atoms with van der Waals surface area (Å²) in [4.78, 5) is 24.8. The summed E-state index contributed by atoms with van der Waals surface area (Å²) >= 11 is 3.38. The Balaban J connectivity index is 1.92. The quantitative estimate of drug-likeness (QED) is 0.542. The van der Waals surface area contributed by atoms with E-state index in [4.69, 9.17) is 0 Å². The molecular weight excluding hydrogens is 384 g/mol. The normalized spacial score (nSPS) is 11.1. The van der Waals surface area contributed by atoms with Gasteiger partial charge in [0.15, 0.2) is 5.69 Å². The molecule has 25 heavy (non-hydrogen) atoms. The zero-order chi connectivity index (χ0) is 17.8. The highest BCUT2D eigenvalue weighted by molar-refractivity contribution is 9.10. The third-order valence-electron chi connectivity index (χ3n) is 3.61. The first kappa shape index (κ1) is 17.0. The van der Waals surface area contributed by atoms with E-state index in [1.54, 1.807) is 37.4 Å². The summed E-state index contributed by atoms with van der Waals surface area (Å²) < 4.78 is 2.19. The fourth-order valence-corrected chi connectivity index (χ4v) is 2.84. The van der Waals surface area contributed by atoms with Gasteiger partial charge < -0.3 is 0 Å². The minimum Gasteiger partial charge on any atom is -0.267 e. The fraction of sp³-hybridized carbons (Fsp3) is 0.111. The number of rotatable bonds is 4. The number of aryl methyl sites for hydroxylation is 1. The Morgan fingerprint density at radius 1 is 1.24 bits per heavy atom. The van der Waals surface area contributed by atoms with Crippen LogP contribution in [-0.4, -0.2) is 21.9 Å². The lowest BCUT2D eigenvalue weighted by atomic mass is 10.1. The molecule has 0 atom stereocenters. The lowest BCUT2D eigenvalue weighted by Gasteiger charge is -2.08. The topological polar surface area (TPSA) is 76.3 Å². The minimum absolute atomic E-state index is 0.170. The van der Waals surface area contributed by atoms with Crippen molar-refractivity contribution in [3.63, 3.8) is 0 Å². The maximum absolute atomic E-state index is 12.5. The molecule has 0 bridgehead atoms. The Labute approximate surface area is 152 Å². The second-order valence-electron chi connectivity index (χ2n) is 5.27. The Bertz CT molecular complexity index is 1030. The first-order chi connectivity index (χ1) is 12.1. The predicted molar refractivity (Wildman–Crippen MR) is 101 cm³/mol. The van der Waals surface area contributed by atoms with Crippen molar-refractivity contribution in [1.82, 2.24) is 15.2 Å². The molecule has 7 heteroatoms. The molecule has 126 valence electrons. The molecule has 0 saturated carbocycles. The molecule has 0 radical (unpaired) electrons. The Kier molecular flexibility index (Phi) is 5.04. The largest absolute Gasteiger partial charge is 0.292 e. The Morgan fingerprint density at radius 2 is 2.00 bits per heavy atom. The van der Waals surface area contributed by atoms with Gasteiger partial charge in [0.1, 0.15) is 0 Å². The van der Waals surface area contributed by atoms with Gasteiger partial charge in [-0.2, -0.15) is 10.2 Å². The van der Waals surface area contributed by atoms with Crippen LogP contribution in [-0.2, 0) is 6.54 Å². The van der Waals surface area contributed by atoms with Gasteiger partial charge in [-0.1, -0.05) is 46.3 Å². The van der Waals surface area contributed by atoms with E-state index in [2.05, 4.69) is 31.6 Å². The van der Waals surface area contributed by atoms with Crippen molar-refractivity contribution < 1.29 is 4.79 Å². The molecule has 0 aliphatic heterocycles. The summed E-state index contributed by atoms with van der Waals surface area (Å²) in [6.45, 7) is 2.18. The van der Waals surface area contributed by atoms with Gasteiger partial charge >= 0.3 is 0 Å². The number of fused-ring (bicyclic) bond motifs is 1. The lowest BCUT2D eigenvalue weighted by molar-refractivity contribution is 0.0949. The molecule has 2 aromatic carbocycles. The summed E-state index contributed by atoms with van der Waals surface area (Å²) in [6.07, 6.45) is 1.54. The number of carbonyl (C=O) groups excluding carboxylic acids is 1. The van der Waals surface area contributed by atoms with Crippen molar-refractivity contribution in [2.75, 3.05) is 0 Å². The molecule has 1 aromatic heterocycles. The van der Waals surface area contributed by atoms with Crippen molar-refractivity contribution in [2.45, 2.75) is 13.5 Å². The number of benzene rings is 2. The van der Waals surface area contributed by atoms with E-state index in [1.165, 1.54) is 4.68 Å². The van der Waals surface area contributed by atoms with Crippen LogP contribution in [0.5, 0.6) is 0 Å². The highest BCUT2D eigenvalue weighted by atomic mass is 79.9. The maximum atomic E-state index is 12.5. The number of aromatic nitrogens is 2. The first-order valence-corrected chi connectivity index (χ1v) is 8.48. The third kappa shape index (κ3) is 3.66. The number of amides is 1. The Morgan fingerprint density at radius 3 is 2.72 bits per heavy atom. The van der Waals surface area contributed by atoms with Crippen molar-refractivity contribution in [1.29, 1.82) is 0 Å². The first-order valence-electron chi connectivity index (χ1n) is 7.69. The van der Waals surface area contributed by atoms with Crippen LogP contribution in [0, 0.1) is 0 Å². The maximum Gasteiger partial charge on any atom is 0.292 e. The van der Waals surface area contributed by atoms with Crippen LogP contribution in [0.15, 0.2) is 62.9 Å². The van der Waals surface area contributed by atoms with Gasteiger partial charge in [-0.25, -0.2) is 10.1 Å². The molecule has 1 heterocycles. The van der Waals surface area contributed by atoms with E-state index in [-0.39, 0.29) is 11.3 Å². The smallest absolute Gasteiger partial charge is 0.267 e. The molecule has 0 aliphatic rings. The molecular formula is C18H15BrN4O2. The second-order valence-corrected chi connectivity index (χ2v) is 6.18. The lowest BCUT2D eigenvalue weighted by Crippen LogP contribution is -2.28. The van der Waals surface area contributed by atoms with E-state index >= 15 is 0 Å². The van der Waals surface area contributed by atoms with Gasteiger partial charge in [0.2, 0.25) is 0 Å². The van der Waals surface area contributed by atoms with Crippen molar-refractivity contribution in [3.05, 3.63) is 74.6 Å². The van der Waals surface area contributed by atoms with Crippen molar-refractivity contribution in [3.8, 4) is 0 Å². The number of hydrogen-bond acceptors (Lipinski definition) is 4. The average molecular weight is 399 g/mol. The summed E-state index contributed by atoms with van der Waals surface area (Å²) in [5.74, 6) is -0.468. The average Bonchev–Trinajstić information content (AvgIpc) is 2.62. The zero-order valence-electron chi connectivity index (χ0n) is 13.4. The Hall–Kier alpha value is -2.80. The van der Waals surface area contributed by atoms with Crippen LogP contribution in [0.1, 0.15) is 23.0 Å². The van der Waals surface area contributed by atoms with Crippen LogP contribution in [0.2, 0.25) is 0 Å². The van der Waals surface area contributed by atoms with E-state index in [0.717, 1.165) is 10.0 Å². The highest BCUT2D eigenvalue weighted by Crippen LogP contribution is 2.13. The van der Waals surface area contributed by atoms with Crippen molar-refractivity contribution in [2.24, 2.45) is 5.10 Å². The van der Waals surface area contributed by atoms with E-state index in [1.807, 2.05) is 24.3 Å². The molecule has 1 amide bonds. The second kappa shape index (κ2) is 7.40. The summed E-state index contributed by atoms with van der Waals surface area (Å²) in [5.41, 5.74) is 3.26. The van der Waals surface area contributed by atoms with Crippen molar-refractivity contribution >= 4 is 38.8 Å². The third-order valence-corrected chi connectivity index (χ3v) is 4.10. The summed E-state index contributed by atoms with van der Waals surface area (Å²) in [5, 5.41) is 9.11. The standard InChI is InChI=1S/C18H15BrN4O2/c1-2-23-18(25)15-9-4-3-8-14(15)16(22-23)17(24)21-20-11-12-6-5-7-13(19)10-12/h3-11H,2H2,1H3,(H,21,24)/b20-11+. The molecule has 6 nitrogen and oxygen atoms in total. The van der Waals surface area contributed by atoms with Crippen LogP contribution in [0.4, 0.5) is 0 Å². The number of carbonyl (C=O) groups is 1. The van der Waals surface area contributed by atoms with Gasteiger partial charge in [0.25, 0.3) is 11.5 Å². The molecule has 0 unspecified atom stereocenters. The predicted octanol–water partition coefficient (Wildman–Crippen LogP) is 2.94. The number of hydrazone groups is 1. The molecule has 1 N–H and O–H groups in total. The minimum atomic E-state index is -0.468. The van der Waals surface area contributed by atoms with E-state index in [0.29, 0.717) is 17.3 Å². The van der Waals surface area contributed by atoms with Gasteiger partial charge in [-0.15, -0.1) is 0 Å². The van der Waals surface area contributed by atoms with Crippen LogP contribution < -0.4 is 11.0 Å². The number of nitrogens with zero attached hydrogens (tertiary/aromatic N) is 3.